The first-order chi connectivity index (χ1) is 11.1. The number of nitrogens with zero attached hydrogens (tertiary/aromatic N) is 2. The van der Waals surface area contributed by atoms with Gasteiger partial charge in [0.2, 0.25) is 5.91 Å². The van der Waals surface area contributed by atoms with Crippen molar-refractivity contribution in [1.29, 1.82) is 0 Å². The molecule has 1 amide bonds. The third kappa shape index (κ3) is 3.26. The van der Waals surface area contributed by atoms with E-state index in [0.29, 0.717) is 5.92 Å². The Labute approximate surface area is 133 Å². The Morgan fingerprint density at radius 2 is 2.00 bits per heavy atom. The highest BCUT2D eigenvalue weighted by Gasteiger charge is 2.34. The number of carboxylic acid groups (broad SMARTS) is 1. The van der Waals surface area contributed by atoms with Crippen molar-refractivity contribution in [3.63, 3.8) is 0 Å². The molecule has 1 saturated carbocycles. The maximum Gasteiger partial charge on any atom is 0.326 e. The summed E-state index contributed by atoms with van der Waals surface area (Å²) >= 11 is 0. The van der Waals surface area contributed by atoms with Gasteiger partial charge >= 0.3 is 5.97 Å². The fourth-order valence-corrected chi connectivity index (χ4v) is 2.86. The fraction of sp³-hybridized carbons (Fsp3) is 0.353. The lowest BCUT2D eigenvalue weighted by Crippen LogP contribution is -2.23. The first-order valence-corrected chi connectivity index (χ1v) is 7.71. The molecule has 1 heterocycles. The minimum Gasteiger partial charge on any atom is -0.480 e. The molecule has 23 heavy (non-hydrogen) atoms. The topological polar surface area (TPSA) is 98.2 Å². The van der Waals surface area contributed by atoms with Crippen LogP contribution in [0.5, 0.6) is 0 Å². The third-order valence-corrected chi connectivity index (χ3v) is 4.13. The molecule has 1 atom stereocenters. The molecular weight excluding hydrogens is 294 g/mol. The number of aliphatic carboxylic acids is 1. The summed E-state index contributed by atoms with van der Waals surface area (Å²) in [5, 5.41) is 9.55. The Balaban J connectivity index is 2.00. The third-order valence-electron chi connectivity index (χ3n) is 4.13. The summed E-state index contributed by atoms with van der Waals surface area (Å²) < 4.78 is 1.71. The van der Waals surface area contributed by atoms with Gasteiger partial charge in [0.05, 0.1) is 12.0 Å². The second-order valence-electron chi connectivity index (χ2n) is 5.89. The van der Waals surface area contributed by atoms with Crippen LogP contribution in [0.15, 0.2) is 36.7 Å². The van der Waals surface area contributed by atoms with Gasteiger partial charge in [0.25, 0.3) is 0 Å². The van der Waals surface area contributed by atoms with Crippen molar-refractivity contribution in [1.82, 2.24) is 9.55 Å². The number of benzene rings is 1. The van der Waals surface area contributed by atoms with E-state index in [0.717, 1.165) is 29.8 Å². The van der Waals surface area contributed by atoms with E-state index in [9.17, 15) is 14.7 Å². The molecule has 0 bridgehead atoms. The monoisotopic (exact) mass is 313 g/mol. The zero-order valence-electron chi connectivity index (χ0n) is 12.7. The lowest BCUT2D eigenvalue weighted by atomic mass is 10.1. The van der Waals surface area contributed by atoms with Crippen molar-refractivity contribution in [3.05, 3.63) is 42.4 Å². The number of imidazole rings is 1. The van der Waals surface area contributed by atoms with Gasteiger partial charge in [-0.25, -0.2) is 9.78 Å². The average Bonchev–Trinajstić information content (AvgIpc) is 3.27. The molecule has 0 unspecified atom stereocenters. The summed E-state index contributed by atoms with van der Waals surface area (Å²) in [6.45, 7) is 0. The molecule has 1 aliphatic rings. The van der Waals surface area contributed by atoms with Crippen LogP contribution in [0.1, 0.15) is 43.3 Å². The summed E-state index contributed by atoms with van der Waals surface area (Å²) in [6, 6.07) is 8.93. The zero-order valence-corrected chi connectivity index (χ0v) is 12.7. The van der Waals surface area contributed by atoms with Gasteiger partial charge in [-0.15, -0.1) is 0 Å². The molecule has 3 rings (SSSR count). The van der Waals surface area contributed by atoms with Gasteiger partial charge in [0.15, 0.2) is 0 Å². The van der Waals surface area contributed by atoms with Crippen LogP contribution in [0.25, 0.3) is 11.3 Å². The van der Waals surface area contributed by atoms with E-state index < -0.39 is 17.9 Å². The lowest BCUT2D eigenvalue weighted by Gasteiger charge is -2.17. The molecule has 3 N–H and O–H groups in total. The van der Waals surface area contributed by atoms with E-state index in [1.807, 2.05) is 30.3 Å². The van der Waals surface area contributed by atoms with E-state index in [2.05, 4.69) is 4.98 Å². The predicted molar refractivity (Wildman–Crippen MR) is 84.7 cm³/mol. The van der Waals surface area contributed by atoms with Crippen molar-refractivity contribution in [3.8, 4) is 11.3 Å². The molecule has 6 nitrogen and oxygen atoms in total. The molecule has 1 aromatic heterocycles. The first kappa shape index (κ1) is 15.3. The van der Waals surface area contributed by atoms with Crippen molar-refractivity contribution in [2.24, 2.45) is 5.73 Å². The van der Waals surface area contributed by atoms with Crippen LogP contribution in [-0.4, -0.2) is 26.5 Å². The smallest absolute Gasteiger partial charge is 0.326 e. The van der Waals surface area contributed by atoms with E-state index in [1.165, 1.54) is 0 Å². The number of primary amides is 1. The first-order valence-electron chi connectivity index (χ1n) is 7.71. The van der Waals surface area contributed by atoms with E-state index in [-0.39, 0.29) is 12.8 Å². The van der Waals surface area contributed by atoms with Crippen molar-refractivity contribution < 1.29 is 14.7 Å². The molecule has 1 aliphatic carbocycles. The molecule has 6 heteroatoms. The van der Waals surface area contributed by atoms with E-state index in [1.54, 1.807) is 10.9 Å². The molecule has 1 aromatic carbocycles. The number of carboxylic acids is 1. The number of rotatable bonds is 7. The summed E-state index contributed by atoms with van der Waals surface area (Å²) in [4.78, 5) is 27.1. The summed E-state index contributed by atoms with van der Waals surface area (Å²) in [7, 11) is 0. The van der Waals surface area contributed by atoms with Crippen LogP contribution in [0.2, 0.25) is 0 Å². The quantitative estimate of drug-likeness (QED) is 0.819. The Hall–Kier alpha value is -2.63. The Bertz CT molecular complexity index is 720. The van der Waals surface area contributed by atoms with Gasteiger partial charge in [-0.1, -0.05) is 30.3 Å². The molecule has 0 radical (unpaired) electrons. The zero-order chi connectivity index (χ0) is 16.4. The van der Waals surface area contributed by atoms with Crippen molar-refractivity contribution in [2.45, 2.75) is 37.6 Å². The van der Waals surface area contributed by atoms with Crippen LogP contribution >= 0.6 is 0 Å². The van der Waals surface area contributed by atoms with Crippen molar-refractivity contribution in [2.75, 3.05) is 0 Å². The van der Waals surface area contributed by atoms with Crippen LogP contribution in [0, 0.1) is 0 Å². The van der Waals surface area contributed by atoms with Crippen LogP contribution < -0.4 is 5.73 Å². The second-order valence-corrected chi connectivity index (χ2v) is 5.89. The number of hydrogen-bond donors (Lipinski definition) is 2. The highest BCUT2D eigenvalue weighted by atomic mass is 16.4. The molecule has 2 aromatic rings. The summed E-state index contributed by atoms with van der Waals surface area (Å²) in [6.07, 6.45) is 3.87. The van der Waals surface area contributed by atoms with Crippen LogP contribution in [-0.2, 0) is 9.59 Å². The minimum absolute atomic E-state index is 0.0416. The number of amides is 1. The Kier molecular flexibility index (Phi) is 4.14. The van der Waals surface area contributed by atoms with Gasteiger partial charge in [0, 0.05) is 23.6 Å². The van der Waals surface area contributed by atoms with Gasteiger partial charge in [-0.2, -0.15) is 0 Å². The number of hydrogen-bond acceptors (Lipinski definition) is 3. The second kappa shape index (κ2) is 6.24. The Morgan fingerprint density at radius 1 is 1.30 bits per heavy atom. The van der Waals surface area contributed by atoms with Gasteiger partial charge in [-0.05, 0) is 19.3 Å². The molecular formula is C17H19N3O3. The Morgan fingerprint density at radius 3 is 2.57 bits per heavy atom. The number of aromatic nitrogens is 2. The molecule has 0 aliphatic heterocycles. The highest BCUT2D eigenvalue weighted by molar-refractivity contribution is 5.77. The minimum atomic E-state index is -0.967. The molecule has 0 saturated heterocycles. The predicted octanol–water partition coefficient (Wildman–Crippen LogP) is 2.32. The summed E-state index contributed by atoms with van der Waals surface area (Å²) in [5.74, 6) is -1.12. The van der Waals surface area contributed by atoms with Crippen molar-refractivity contribution >= 4 is 11.9 Å². The molecule has 0 spiro atoms. The van der Waals surface area contributed by atoms with E-state index >= 15 is 0 Å². The van der Waals surface area contributed by atoms with Gasteiger partial charge < -0.3 is 15.4 Å². The van der Waals surface area contributed by atoms with Crippen LogP contribution in [0.3, 0.4) is 0 Å². The lowest BCUT2D eigenvalue weighted by molar-refractivity contribution is -0.141. The number of carbonyl (C=O) groups is 2. The van der Waals surface area contributed by atoms with E-state index in [4.69, 9.17) is 5.73 Å². The highest BCUT2D eigenvalue weighted by Crippen LogP contribution is 2.45. The van der Waals surface area contributed by atoms with Gasteiger partial charge in [0.1, 0.15) is 6.04 Å². The molecule has 120 valence electrons. The standard InChI is InChI=1S/C17H19N3O3/c18-14(21)9-8-13(17(22)23)20-10-19-15(16(20)12-6-7-12)11-4-2-1-3-5-11/h1-5,10,12-13H,6-9H2,(H2,18,21)(H,22,23)/t13-/m0/s1. The maximum atomic E-state index is 11.7. The SMILES string of the molecule is NC(=O)CC[C@@H](C(=O)O)n1cnc(-c2ccccc2)c1C1CC1. The largest absolute Gasteiger partial charge is 0.480 e. The number of nitrogens with two attached hydrogens (primary N) is 1. The van der Waals surface area contributed by atoms with Gasteiger partial charge in [-0.3, -0.25) is 4.79 Å². The van der Waals surface area contributed by atoms with Crippen LogP contribution in [0.4, 0.5) is 0 Å². The number of carbonyl (C=O) groups excluding carboxylic acids is 1. The maximum absolute atomic E-state index is 11.7. The molecule has 1 fully saturated rings. The average molecular weight is 313 g/mol. The normalized spacial score (nSPS) is 15.3. The fourth-order valence-electron chi connectivity index (χ4n) is 2.86. The summed E-state index contributed by atoms with van der Waals surface area (Å²) in [5.41, 5.74) is 7.93.